The van der Waals surface area contributed by atoms with Gasteiger partial charge in [-0.25, -0.2) is 13.2 Å². The number of hydrogen-bond acceptors (Lipinski definition) is 8. The highest BCUT2D eigenvalue weighted by molar-refractivity contribution is 7.89. The quantitative estimate of drug-likeness (QED) is 0.537. The molecule has 0 bridgehead atoms. The fourth-order valence-corrected chi connectivity index (χ4v) is 8.02. The fourth-order valence-electron chi connectivity index (χ4n) is 4.99. The number of amides is 4. The van der Waals surface area contributed by atoms with Crippen LogP contribution in [-0.4, -0.2) is 67.7 Å². The second kappa shape index (κ2) is 11.8. The van der Waals surface area contributed by atoms with Crippen molar-refractivity contribution in [1.82, 2.24) is 14.5 Å². The maximum atomic E-state index is 13.3. The van der Waals surface area contributed by atoms with Crippen LogP contribution in [0, 0.1) is 0 Å². The third-order valence-corrected chi connectivity index (χ3v) is 10.2. The third kappa shape index (κ3) is 5.99. The zero-order chi connectivity index (χ0) is 28.3. The predicted octanol–water partition coefficient (Wildman–Crippen LogP) is 3.35. The lowest BCUT2D eigenvalue weighted by Gasteiger charge is -2.34. The van der Waals surface area contributed by atoms with Gasteiger partial charge >= 0.3 is 6.09 Å². The minimum atomic E-state index is -3.70. The molecule has 2 aliphatic heterocycles. The van der Waals surface area contributed by atoms with Crippen LogP contribution in [0.2, 0.25) is 0 Å². The Balaban J connectivity index is 1.58. The Morgan fingerprint density at radius 1 is 1.08 bits per heavy atom. The topological polar surface area (TPSA) is 142 Å². The van der Waals surface area contributed by atoms with Crippen molar-refractivity contribution in [3.8, 4) is 0 Å². The molecule has 13 heteroatoms. The number of alkyl carbamates (subject to hydrolysis) is 1. The smallest absolute Gasteiger partial charge is 0.413 e. The molecule has 0 saturated carbocycles. The average molecular weight is 577 g/mol. The summed E-state index contributed by atoms with van der Waals surface area (Å²) in [6.07, 6.45) is 2.83. The molecule has 4 rings (SSSR count). The van der Waals surface area contributed by atoms with Crippen molar-refractivity contribution in [3.05, 3.63) is 45.8 Å². The summed E-state index contributed by atoms with van der Waals surface area (Å²) in [5.41, 5.74) is 1.00. The number of rotatable bonds is 6. The van der Waals surface area contributed by atoms with Crippen molar-refractivity contribution in [1.29, 1.82) is 0 Å². The van der Waals surface area contributed by atoms with Crippen LogP contribution in [0.5, 0.6) is 0 Å². The number of thiophene rings is 1. The van der Waals surface area contributed by atoms with E-state index in [1.807, 2.05) is 6.92 Å². The van der Waals surface area contributed by atoms with E-state index in [4.69, 9.17) is 0 Å². The van der Waals surface area contributed by atoms with E-state index >= 15 is 0 Å². The number of benzene rings is 1. The van der Waals surface area contributed by atoms with Crippen molar-refractivity contribution in [2.45, 2.75) is 63.4 Å². The molecule has 2 N–H and O–H groups in total. The molecule has 1 aromatic carbocycles. The SMILES string of the molecule is CCC1CCCCN1S(=O)(=O)c1ccc(C(=O)Nc2sc3c(c2C(=O)NC(=O)OC)CCN(C(C)=O)C3)cc1. The number of fused-ring (bicyclic) bond motifs is 1. The lowest BCUT2D eigenvalue weighted by atomic mass is 10.0. The number of carbonyl (C=O) groups excluding carboxylic acids is 4. The van der Waals surface area contributed by atoms with Crippen molar-refractivity contribution < 1.29 is 32.3 Å². The first kappa shape index (κ1) is 28.7. The van der Waals surface area contributed by atoms with E-state index in [1.165, 1.54) is 31.2 Å². The van der Waals surface area contributed by atoms with Crippen LogP contribution in [0.1, 0.15) is 70.7 Å². The van der Waals surface area contributed by atoms with Crippen LogP contribution >= 0.6 is 11.3 Å². The number of anilines is 1. The predicted molar refractivity (Wildman–Crippen MR) is 145 cm³/mol. The maximum Gasteiger partial charge on any atom is 0.413 e. The molecular formula is C26H32N4O7S2. The standard InChI is InChI=1S/C26H32N4O7S2/c1-4-18-7-5-6-13-30(18)39(35,36)19-10-8-17(9-11-19)23(32)27-25-22(24(33)28-26(34)37-3)20-12-14-29(16(2)31)15-21(20)38-25/h8-11,18H,4-7,12-15H2,1-3H3,(H,27,32)(H,28,33,34). The molecule has 2 aliphatic rings. The third-order valence-electron chi connectivity index (χ3n) is 7.12. The van der Waals surface area contributed by atoms with Crippen molar-refractivity contribution in [2.24, 2.45) is 0 Å². The largest absolute Gasteiger partial charge is 0.453 e. The van der Waals surface area contributed by atoms with Gasteiger partial charge in [-0.1, -0.05) is 13.3 Å². The fraction of sp³-hybridized carbons (Fsp3) is 0.462. The van der Waals surface area contributed by atoms with Gasteiger partial charge in [0.1, 0.15) is 5.00 Å². The average Bonchev–Trinajstić information content (AvgIpc) is 3.29. The van der Waals surface area contributed by atoms with Gasteiger partial charge in [-0.2, -0.15) is 4.31 Å². The molecule has 0 radical (unpaired) electrons. The number of piperidine rings is 1. The first-order chi connectivity index (χ1) is 18.6. The lowest BCUT2D eigenvalue weighted by Crippen LogP contribution is -2.43. The van der Waals surface area contributed by atoms with E-state index in [0.717, 1.165) is 49.0 Å². The summed E-state index contributed by atoms with van der Waals surface area (Å²) in [5, 5.41) is 5.11. The summed E-state index contributed by atoms with van der Waals surface area (Å²) >= 11 is 1.16. The Morgan fingerprint density at radius 2 is 1.79 bits per heavy atom. The monoisotopic (exact) mass is 576 g/mol. The molecule has 210 valence electrons. The highest BCUT2D eigenvalue weighted by atomic mass is 32.2. The minimum absolute atomic E-state index is 0.0370. The number of carbonyl (C=O) groups is 4. The number of imide groups is 1. The number of nitrogens with one attached hydrogen (secondary N) is 2. The number of sulfonamides is 1. The molecule has 11 nitrogen and oxygen atoms in total. The van der Waals surface area contributed by atoms with Crippen LogP contribution in [0.15, 0.2) is 29.2 Å². The molecule has 2 aromatic rings. The van der Waals surface area contributed by atoms with Gasteiger partial charge in [0.25, 0.3) is 11.8 Å². The zero-order valence-electron chi connectivity index (χ0n) is 22.1. The van der Waals surface area contributed by atoms with Crippen molar-refractivity contribution >= 4 is 50.2 Å². The first-order valence-electron chi connectivity index (χ1n) is 12.8. The highest BCUT2D eigenvalue weighted by Crippen LogP contribution is 2.37. The Labute approximate surface area is 231 Å². The van der Waals surface area contributed by atoms with Gasteiger partial charge in [-0.05, 0) is 55.5 Å². The molecule has 3 heterocycles. The molecule has 39 heavy (non-hydrogen) atoms. The Bertz CT molecular complexity index is 1390. The molecule has 1 atom stereocenters. The highest BCUT2D eigenvalue weighted by Gasteiger charge is 2.33. The molecule has 1 saturated heterocycles. The summed E-state index contributed by atoms with van der Waals surface area (Å²) < 4.78 is 32.6. The van der Waals surface area contributed by atoms with Gasteiger partial charge < -0.3 is 15.0 Å². The second-order valence-corrected chi connectivity index (χ2v) is 12.5. The second-order valence-electron chi connectivity index (χ2n) is 9.50. The van der Waals surface area contributed by atoms with E-state index in [2.05, 4.69) is 15.4 Å². The van der Waals surface area contributed by atoms with E-state index in [0.29, 0.717) is 25.1 Å². The van der Waals surface area contributed by atoms with Crippen molar-refractivity contribution in [3.63, 3.8) is 0 Å². The van der Waals surface area contributed by atoms with Gasteiger partial charge in [0.2, 0.25) is 15.9 Å². The summed E-state index contributed by atoms with van der Waals surface area (Å²) in [6, 6.07) is 5.67. The van der Waals surface area contributed by atoms with E-state index < -0.39 is 27.9 Å². The zero-order valence-corrected chi connectivity index (χ0v) is 23.7. The number of hydrogen-bond donors (Lipinski definition) is 2. The minimum Gasteiger partial charge on any atom is -0.453 e. The van der Waals surface area contributed by atoms with E-state index in [-0.39, 0.29) is 39.5 Å². The Kier molecular flexibility index (Phi) is 8.72. The molecule has 1 unspecified atom stereocenters. The number of nitrogens with zero attached hydrogens (tertiary/aromatic N) is 2. The molecule has 1 aromatic heterocycles. The normalized spacial score (nSPS) is 17.7. The lowest BCUT2D eigenvalue weighted by molar-refractivity contribution is -0.129. The molecule has 0 aliphatic carbocycles. The van der Waals surface area contributed by atoms with Gasteiger partial charge in [0, 0.05) is 36.5 Å². The van der Waals surface area contributed by atoms with Crippen molar-refractivity contribution in [2.75, 3.05) is 25.5 Å². The molecular weight excluding hydrogens is 544 g/mol. The first-order valence-corrected chi connectivity index (χ1v) is 15.0. The molecule has 1 fully saturated rings. The number of methoxy groups -OCH3 is 1. The maximum absolute atomic E-state index is 13.3. The molecule has 0 spiro atoms. The van der Waals surface area contributed by atoms with Crippen LogP contribution in [-0.2, 0) is 32.5 Å². The summed E-state index contributed by atoms with van der Waals surface area (Å²) in [6.45, 7) is 4.60. The Morgan fingerprint density at radius 3 is 2.44 bits per heavy atom. The van der Waals surface area contributed by atoms with E-state index in [1.54, 1.807) is 9.21 Å². The summed E-state index contributed by atoms with van der Waals surface area (Å²) in [7, 11) is -2.56. The van der Waals surface area contributed by atoms with Gasteiger partial charge in [-0.15, -0.1) is 11.3 Å². The van der Waals surface area contributed by atoms with Gasteiger partial charge in [0.15, 0.2) is 0 Å². The van der Waals surface area contributed by atoms with Crippen LogP contribution in [0.3, 0.4) is 0 Å². The van der Waals surface area contributed by atoms with E-state index in [9.17, 15) is 27.6 Å². The Hall–Kier alpha value is -3.29. The van der Waals surface area contributed by atoms with Crippen LogP contribution in [0.25, 0.3) is 0 Å². The van der Waals surface area contributed by atoms with Gasteiger partial charge in [-0.3, -0.25) is 19.7 Å². The number of ether oxygens (including phenoxy) is 1. The van der Waals surface area contributed by atoms with Gasteiger partial charge in [0.05, 0.1) is 24.1 Å². The molecule has 4 amide bonds. The summed E-state index contributed by atoms with van der Waals surface area (Å²) in [4.78, 5) is 52.2. The van der Waals surface area contributed by atoms with Crippen LogP contribution < -0.4 is 10.6 Å². The van der Waals surface area contributed by atoms with Crippen LogP contribution in [0.4, 0.5) is 9.80 Å². The summed E-state index contributed by atoms with van der Waals surface area (Å²) in [5.74, 6) is -1.37.